The maximum atomic E-state index is 15.8. The molecule has 0 aromatic heterocycles. The highest BCUT2D eigenvalue weighted by Crippen LogP contribution is 2.37. The molecule has 7 heteroatoms. The number of Topliss-reactive ketones (excluding diaryl/α,β-unsaturated/α-hetero) is 1. The van der Waals surface area contributed by atoms with Crippen LogP contribution in [0, 0.1) is 5.82 Å². The van der Waals surface area contributed by atoms with Crippen molar-refractivity contribution < 1.29 is 23.1 Å². The van der Waals surface area contributed by atoms with Gasteiger partial charge in [-0.2, -0.15) is 0 Å². The van der Waals surface area contributed by atoms with Gasteiger partial charge in [-0.1, -0.05) is 36.4 Å². The van der Waals surface area contributed by atoms with Crippen molar-refractivity contribution in [2.24, 2.45) is 0 Å². The molecule has 0 saturated carbocycles. The number of ether oxygens (including phenoxy) is 1. The van der Waals surface area contributed by atoms with Crippen LogP contribution in [0.3, 0.4) is 0 Å². The number of carbonyl (C=O) groups excluding carboxylic acids is 2. The Balaban J connectivity index is 1.25. The topological polar surface area (TPSA) is 49.9 Å². The van der Waals surface area contributed by atoms with Gasteiger partial charge in [0.05, 0.1) is 5.69 Å². The maximum Gasteiger partial charge on any atom is 0.410 e. The van der Waals surface area contributed by atoms with Crippen LogP contribution in [0.1, 0.15) is 61.5 Å². The Morgan fingerprint density at radius 3 is 2.47 bits per heavy atom. The zero-order valence-corrected chi connectivity index (χ0v) is 22.2. The van der Waals surface area contributed by atoms with Crippen LogP contribution >= 0.6 is 0 Å². The number of hydrogen-bond donors (Lipinski definition) is 0. The summed E-state index contributed by atoms with van der Waals surface area (Å²) in [7, 11) is 0. The number of allylic oxidation sites excluding steroid dienone is 2. The van der Waals surface area contributed by atoms with Gasteiger partial charge in [0.2, 0.25) is 0 Å². The Labute approximate surface area is 222 Å². The fourth-order valence-electron chi connectivity index (χ4n) is 5.44. The van der Waals surface area contributed by atoms with Crippen LogP contribution in [0.25, 0.3) is 5.57 Å². The van der Waals surface area contributed by atoms with E-state index >= 15 is 4.39 Å². The van der Waals surface area contributed by atoms with E-state index in [1.54, 1.807) is 23.1 Å². The fraction of sp³-hybridized carbons (Fsp3) is 0.419. The van der Waals surface area contributed by atoms with Gasteiger partial charge in [0, 0.05) is 56.6 Å². The first kappa shape index (κ1) is 26.1. The number of para-hydroxylation sites is 1. The van der Waals surface area contributed by atoms with Crippen molar-refractivity contribution in [1.82, 2.24) is 4.90 Å². The van der Waals surface area contributed by atoms with Crippen molar-refractivity contribution in [2.45, 2.75) is 57.7 Å². The lowest BCUT2D eigenvalue weighted by Gasteiger charge is -2.36. The Kier molecular flexibility index (Phi) is 6.88. The molecule has 1 fully saturated rings. The van der Waals surface area contributed by atoms with Gasteiger partial charge in [-0.15, -0.1) is 0 Å². The van der Waals surface area contributed by atoms with E-state index in [9.17, 15) is 14.0 Å². The summed E-state index contributed by atoms with van der Waals surface area (Å²) in [4.78, 5) is 29.0. The van der Waals surface area contributed by atoms with E-state index in [-0.39, 0.29) is 30.5 Å². The van der Waals surface area contributed by atoms with Crippen LogP contribution in [0.15, 0.2) is 60.2 Å². The molecule has 2 aliphatic heterocycles. The average molecular weight is 521 g/mol. The van der Waals surface area contributed by atoms with E-state index in [4.69, 9.17) is 4.74 Å². The highest BCUT2D eigenvalue weighted by Gasteiger charge is 2.36. The van der Waals surface area contributed by atoms with Crippen molar-refractivity contribution in [3.8, 4) is 0 Å². The molecule has 0 radical (unpaired) electrons. The smallest absolute Gasteiger partial charge is 0.410 e. The molecule has 5 nitrogen and oxygen atoms in total. The third kappa shape index (κ3) is 5.52. The molecule has 200 valence electrons. The third-order valence-electron chi connectivity index (χ3n) is 7.47. The summed E-state index contributed by atoms with van der Waals surface area (Å²) in [6, 6.07) is 12.3. The molecular formula is C31H34F2N2O3. The number of carbonyl (C=O) groups is 2. The molecule has 0 unspecified atom stereocenters. The Morgan fingerprint density at radius 1 is 1.08 bits per heavy atom. The minimum atomic E-state index is -1.59. The first-order chi connectivity index (χ1) is 18.0. The second-order valence-electron chi connectivity index (χ2n) is 11.4. The number of halogens is 2. The average Bonchev–Trinajstić information content (AvgIpc) is 3.18. The van der Waals surface area contributed by atoms with E-state index in [1.165, 1.54) is 12.1 Å². The first-order valence-corrected chi connectivity index (χ1v) is 13.3. The quantitative estimate of drug-likeness (QED) is 0.432. The lowest BCUT2D eigenvalue weighted by molar-refractivity contribution is 0.0270. The molecule has 1 aliphatic carbocycles. The standard InChI is InChI=1S/C31H34F2N2O3/c1-30(2,3)38-29(37)35-14-10-21(11-15-35)22-8-9-25-23(18-22)19-24(28(25)36)20-31(33)12-16-34(17-13-31)27-7-5-4-6-26(27)32/h4-10,18,20H,11-17,19H2,1-3H3/b24-20+. The summed E-state index contributed by atoms with van der Waals surface area (Å²) in [5.41, 5.74) is 2.54. The minimum Gasteiger partial charge on any atom is -0.444 e. The number of nitrogens with zero attached hydrogens (tertiary/aromatic N) is 2. The summed E-state index contributed by atoms with van der Waals surface area (Å²) in [5, 5.41) is 0. The molecule has 3 aliphatic rings. The minimum absolute atomic E-state index is 0.117. The number of ketones is 1. The number of alkyl halides is 1. The Hall–Kier alpha value is -3.48. The summed E-state index contributed by atoms with van der Waals surface area (Å²) < 4.78 is 35.4. The number of piperidine rings is 1. The molecule has 1 amide bonds. The van der Waals surface area contributed by atoms with Gasteiger partial charge in [-0.3, -0.25) is 4.79 Å². The van der Waals surface area contributed by atoms with Crippen LogP contribution in [-0.2, 0) is 11.2 Å². The van der Waals surface area contributed by atoms with E-state index in [0.29, 0.717) is 55.8 Å². The van der Waals surface area contributed by atoms with Gasteiger partial charge in [0.25, 0.3) is 0 Å². The molecule has 2 heterocycles. The number of fused-ring (bicyclic) bond motifs is 1. The first-order valence-electron chi connectivity index (χ1n) is 13.3. The van der Waals surface area contributed by atoms with Gasteiger partial charge in [-0.05, 0) is 62.1 Å². The van der Waals surface area contributed by atoms with Crippen molar-refractivity contribution >= 4 is 23.1 Å². The summed E-state index contributed by atoms with van der Waals surface area (Å²) >= 11 is 0. The highest BCUT2D eigenvalue weighted by atomic mass is 19.1. The second kappa shape index (κ2) is 10.0. The highest BCUT2D eigenvalue weighted by molar-refractivity contribution is 6.13. The zero-order valence-electron chi connectivity index (χ0n) is 22.2. The molecular weight excluding hydrogens is 486 g/mol. The number of hydrogen-bond acceptors (Lipinski definition) is 4. The maximum absolute atomic E-state index is 15.8. The van der Waals surface area contributed by atoms with Crippen molar-refractivity contribution in [2.75, 3.05) is 31.1 Å². The Bertz CT molecular complexity index is 1320. The lowest BCUT2D eigenvalue weighted by atomic mass is 9.90. The van der Waals surface area contributed by atoms with E-state index in [2.05, 4.69) is 0 Å². The Morgan fingerprint density at radius 2 is 1.82 bits per heavy atom. The molecule has 1 saturated heterocycles. The number of benzene rings is 2. The summed E-state index contributed by atoms with van der Waals surface area (Å²) in [6.45, 7) is 7.37. The summed E-state index contributed by atoms with van der Waals surface area (Å²) in [6.07, 6.45) is 4.75. The molecule has 5 rings (SSSR count). The monoisotopic (exact) mass is 520 g/mol. The molecule has 2 aromatic carbocycles. The lowest BCUT2D eigenvalue weighted by Crippen LogP contribution is -2.41. The van der Waals surface area contributed by atoms with Crippen LogP contribution in [-0.4, -0.2) is 54.2 Å². The molecule has 2 aromatic rings. The van der Waals surface area contributed by atoms with Gasteiger partial charge in [0.15, 0.2) is 5.78 Å². The predicted octanol–water partition coefficient (Wildman–Crippen LogP) is 6.52. The van der Waals surface area contributed by atoms with Gasteiger partial charge >= 0.3 is 6.09 Å². The van der Waals surface area contributed by atoms with Crippen LogP contribution in [0.5, 0.6) is 0 Å². The van der Waals surface area contributed by atoms with Crippen molar-refractivity contribution in [1.29, 1.82) is 0 Å². The molecule has 38 heavy (non-hydrogen) atoms. The number of anilines is 1. The van der Waals surface area contributed by atoms with Crippen LogP contribution in [0.4, 0.5) is 19.3 Å². The molecule has 0 spiro atoms. The fourth-order valence-corrected chi connectivity index (χ4v) is 5.44. The number of amides is 1. The van der Waals surface area contributed by atoms with Crippen molar-refractivity contribution in [3.63, 3.8) is 0 Å². The van der Waals surface area contributed by atoms with Gasteiger partial charge in [-0.25, -0.2) is 13.6 Å². The largest absolute Gasteiger partial charge is 0.444 e. The third-order valence-corrected chi connectivity index (χ3v) is 7.47. The second-order valence-corrected chi connectivity index (χ2v) is 11.4. The van der Waals surface area contributed by atoms with Crippen molar-refractivity contribution in [3.05, 3.63) is 82.7 Å². The van der Waals surface area contributed by atoms with Gasteiger partial charge < -0.3 is 14.5 Å². The predicted molar refractivity (Wildman–Crippen MR) is 145 cm³/mol. The SMILES string of the molecule is CC(C)(C)OC(=O)N1CC=C(c2ccc3c(c2)C/C(=C\C2(F)CCN(c4ccccc4F)CC2)C3=O)CC1. The van der Waals surface area contributed by atoms with Crippen LogP contribution in [0.2, 0.25) is 0 Å². The van der Waals surface area contributed by atoms with E-state index in [1.807, 2.05) is 49.9 Å². The van der Waals surface area contributed by atoms with E-state index < -0.39 is 11.3 Å². The molecule has 0 atom stereocenters. The molecule has 0 bridgehead atoms. The zero-order chi connectivity index (χ0) is 27.1. The number of rotatable bonds is 3. The summed E-state index contributed by atoms with van der Waals surface area (Å²) in [5.74, 6) is -0.422. The van der Waals surface area contributed by atoms with Gasteiger partial charge in [0.1, 0.15) is 17.1 Å². The molecule has 0 N–H and O–H groups in total. The normalized spacial score (nSPS) is 20.4. The van der Waals surface area contributed by atoms with Crippen LogP contribution < -0.4 is 4.90 Å². The van der Waals surface area contributed by atoms with E-state index in [0.717, 1.165) is 16.7 Å².